The van der Waals surface area contributed by atoms with Gasteiger partial charge in [-0.3, -0.25) is 34.2 Å². The van der Waals surface area contributed by atoms with Crippen molar-refractivity contribution in [3.63, 3.8) is 0 Å². The minimum atomic E-state index is -1.14. The molecule has 0 aliphatic carbocycles. The summed E-state index contributed by atoms with van der Waals surface area (Å²) in [5, 5.41) is 5.32. The molecule has 0 spiro atoms. The summed E-state index contributed by atoms with van der Waals surface area (Å²) in [4.78, 5) is 70.0. The number of halogens is 1. The number of ether oxygens (including phenoxy) is 2. The molecule has 1 fully saturated rings. The number of likely N-dealkylation sites (N-methyl/N-ethyl adjacent to an activating group) is 1. The molecule has 0 radical (unpaired) electrons. The van der Waals surface area contributed by atoms with E-state index in [-0.39, 0.29) is 52.7 Å². The summed E-state index contributed by atoms with van der Waals surface area (Å²) in [5.41, 5.74) is 1.37. The number of methoxy groups -OCH3 is 1. The fourth-order valence-electron chi connectivity index (χ4n) is 5.42. The van der Waals surface area contributed by atoms with E-state index < -0.39 is 41.6 Å². The van der Waals surface area contributed by atoms with Gasteiger partial charge in [-0.25, -0.2) is 9.37 Å². The van der Waals surface area contributed by atoms with E-state index in [0.29, 0.717) is 17.0 Å². The van der Waals surface area contributed by atoms with Crippen molar-refractivity contribution in [1.29, 1.82) is 0 Å². The maximum Gasteiger partial charge on any atom is 0.267 e. The van der Waals surface area contributed by atoms with Crippen LogP contribution in [-0.2, 0) is 14.4 Å². The molecular weight excluding hydrogens is 549 g/mol. The van der Waals surface area contributed by atoms with E-state index in [1.165, 1.54) is 30.3 Å². The topological polar surface area (TPSA) is 147 Å². The SMILES string of the molecule is COc1nccc(-c2cc3c(cc2Nc2cccc4c2C(=O)N([C@H]2CCC(=O)NC2=O)C4=O)N(C)C(=O)[C@H](C)O3)c1F. The number of hydrogen-bond donors (Lipinski definition) is 2. The number of hydrogen-bond acceptors (Lipinski definition) is 9. The predicted octanol–water partition coefficient (Wildman–Crippen LogP) is 2.78. The second-order valence-electron chi connectivity index (χ2n) is 10.0. The molecule has 4 heterocycles. The van der Waals surface area contributed by atoms with E-state index in [1.54, 1.807) is 38.2 Å². The molecule has 1 aromatic heterocycles. The van der Waals surface area contributed by atoms with Gasteiger partial charge in [0, 0.05) is 36.5 Å². The normalized spacial score (nSPS) is 19.8. The summed E-state index contributed by atoms with van der Waals surface area (Å²) >= 11 is 0. The molecule has 2 N–H and O–H groups in total. The number of aromatic nitrogens is 1. The molecule has 13 heteroatoms. The number of fused-ring (bicyclic) bond motifs is 2. The highest BCUT2D eigenvalue weighted by Crippen LogP contribution is 2.45. The van der Waals surface area contributed by atoms with Crippen molar-refractivity contribution in [2.75, 3.05) is 24.4 Å². The van der Waals surface area contributed by atoms with Crippen LogP contribution in [0.15, 0.2) is 42.6 Å². The number of carbonyl (C=O) groups excluding carboxylic acids is 5. The monoisotopic (exact) mass is 573 g/mol. The Morgan fingerprint density at radius 1 is 1.05 bits per heavy atom. The van der Waals surface area contributed by atoms with Crippen LogP contribution in [0, 0.1) is 5.82 Å². The van der Waals surface area contributed by atoms with Gasteiger partial charge in [0.25, 0.3) is 23.6 Å². The highest BCUT2D eigenvalue weighted by Gasteiger charge is 2.45. The lowest BCUT2D eigenvalue weighted by Gasteiger charge is -2.31. The standard InChI is InChI=1S/C29H24FN5O7/c1-13-27(38)34(2)20-12-18(16(11-21(20)42-13)14-9-10-31-26(41-3)24(14)30)32-17-6-4-5-15-23(17)29(40)35(28(15)39)19-7-8-22(36)33-25(19)37/h4-6,9-13,19,32H,7-8H2,1-3H3,(H,33,36,37)/t13-,19-/m0/s1. The van der Waals surface area contributed by atoms with E-state index in [9.17, 15) is 24.0 Å². The zero-order valence-corrected chi connectivity index (χ0v) is 22.7. The Morgan fingerprint density at radius 2 is 1.83 bits per heavy atom. The third-order valence-electron chi connectivity index (χ3n) is 7.52. The fourth-order valence-corrected chi connectivity index (χ4v) is 5.42. The number of amides is 5. The zero-order valence-electron chi connectivity index (χ0n) is 22.7. The Kier molecular flexibility index (Phi) is 6.36. The lowest BCUT2D eigenvalue weighted by Crippen LogP contribution is -2.54. The first-order valence-corrected chi connectivity index (χ1v) is 13.0. The van der Waals surface area contributed by atoms with Gasteiger partial charge in [0.05, 0.1) is 29.6 Å². The Balaban J connectivity index is 1.47. The van der Waals surface area contributed by atoms with Crippen LogP contribution in [0.5, 0.6) is 11.6 Å². The van der Waals surface area contributed by atoms with Crippen molar-refractivity contribution in [3.05, 3.63) is 59.5 Å². The Bertz CT molecular complexity index is 1720. The van der Waals surface area contributed by atoms with E-state index in [0.717, 1.165) is 4.90 Å². The first-order valence-electron chi connectivity index (χ1n) is 13.0. The van der Waals surface area contributed by atoms with E-state index >= 15 is 4.39 Å². The molecule has 2 atom stereocenters. The van der Waals surface area contributed by atoms with Gasteiger partial charge in [0.2, 0.25) is 11.8 Å². The molecule has 3 aliphatic rings. The average Bonchev–Trinajstić information content (AvgIpc) is 3.22. The molecule has 0 saturated carbocycles. The second-order valence-corrected chi connectivity index (χ2v) is 10.0. The quantitative estimate of drug-likeness (QED) is 0.440. The minimum Gasteiger partial charge on any atom is -0.479 e. The van der Waals surface area contributed by atoms with Gasteiger partial charge in [-0.05, 0) is 43.7 Å². The molecule has 5 amide bonds. The van der Waals surface area contributed by atoms with Crippen LogP contribution in [0.2, 0.25) is 0 Å². The number of carbonyl (C=O) groups is 5. The average molecular weight is 574 g/mol. The predicted molar refractivity (Wildman–Crippen MR) is 146 cm³/mol. The van der Waals surface area contributed by atoms with Gasteiger partial charge in [-0.15, -0.1) is 0 Å². The third-order valence-corrected chi connectivity index (χ3v) is 7.52. The third kappa shape index (κ3) is 4.12. The van der Waals surface area contributed by atoms with Crippen LogP contribution in [0.1, 0.15) is 40.5 Å². The van der Waals surface area contributed by atoms with Gasteiger partial charge < -0.3 is 19.7 Å². The molecule has 42 heavy (non-hydrogen) atoms. The van der Waals surface area contributed by atoms with Crippen LogP contribution in [0.4, 0.5) is 21.5 Å². The number of nitrogens with one attached hydrogen (secondary N) is 2. The maximum atomic E-state index is 15.5. The lowest BCUT2D eigenvalue weighted by molar-refractivity contribution is -0.136. The van der Waals surface area contributed by atoms with Crippen molar-refractivity contribution in [3.8, 4) is 22.8 Å². The van der Waals surface area contributed by atoms with Crippen molar-refractivity contribution < 1.29 is 37.8 Å². The van der Waals surface area contributed by atoms with Crippen molar-refractivity contribution in [2.24, 2.45) is 0 Å². The first-order chi connectivity index (χ1) is 20.1. The largest absolute Gasteiger partial charge is 0.479 e. The number of anilines is 3. The fraction of sp³-hybridized carbons (Fsp3) is 0.241. The zero-order chi connectivity index (χ0) is 29.9. The van der Waals surface area contributed by atoms with Crippen LogP contribution in [0.3, 0.4) is 0 Å². The molecule has 0 bridgehead atoms. The van der Waals surface area contributed by atoms with E-state index in [4.69, 9.17) is 9.47 Å². The van der Waals surface area contributed by atoms with Gasteiger partial charge in [0.1, 0.15) is 11.8 Å². The molecule has 0 unspecified atom stereocenters. The highest BCUT2D eigenvalue weighted by atomic mass is 19.1. The Morgan fingerprint density at radius 3 is 2.57 bits per heavy atom. The van der Waals surface area contributed by atoms with Gasteiger partial charge in [-0.1, -0.05) is 6.07 Å². The van der Waals surface area contributed by atoms with Crippen LogP contribution < -0.4 is 25.0 Å². The number of imide groups is 2. The molecule has 12 nitrogen and oxygen atoms in total. The Labute approximate surface area is 238 Å². The highest BCUT2D eigenvalue weighted by molar-refractivity contribution is 6.25. The summed E-state index contributed by atoms with van der Waals surface area (Å²) < 4.78 is 26.4. The number of piperidine rings is 1. The smallest absolute Gasteiger partial charge is 0.267 e. The van der Waals surface area contributed by atoms with Crippen molar-refractivity contribution >= 4 is 46.6 Å². The molecule has 214 valence electrons. The lowest BCUT2D eigenvalue weighted by atomic mass is 10.00. The van der Waals surface area contributed by atoms with Gasteiger partial charge in [0.15, 0.2) is 11.9 Å². The summed E-state index contributed by atoms with van der Waals surface area (Å²) in [6.07, 6.45) is 0.599. The molecule has 6 rings (SSSR count). The summed E-state index contributed by atoms with van der Waals surface area (Å²) in [6, 6.07) is 8.06. The molecular formula is C29H24FN5O7. The first kappa shape index (κ1) is 26.9. The van der Waals surface area contributed by atoms with E-state index in [1.807, 2.05) is 0 Å². The van der Waals surface area contributed by atoms with Crippen molar-refractivity contribution in [2.45, 2.75) is 31.9 Å². The maximum absolute atomic E-state index is 15.5. The Hall–Kier alpha value is -5.33. The number of nitrogens with zero attached hydrogens (tertiary/aromatic N) is 3. The van der Waals surface area contributed by atoms with Gasteiger partial charge >= 0.3 is 0 Å². The van der Waals surface area contributed by atoms with Crippen LogP contribution in [-0.4, -0.2) is 65.7 Å². The van der Waals surface area contributed by atoms with Crippen LogP contribution in [0.25, 0.3) is 11.1 Å². The molecule has 1 saturated heterocycles. The summed E-state index contributed by atoms with van der Waals surface area (Å²) in [7, 11) is 2.87. The molecule has 3 aromatic rings. The van der Waals surface area contributed by atoms with Gasteiger partial charge in [-0.2, -0.15) is 0 Å². The van der Waals surface area contributed by atoms with E-state index in [2.05, 4.69) is 15.6 Å². The second kappa shape index (κ2) is 9.94. The summed E-state index contributed by atoms with van der Waals surface area (Å²) in [6.45, 7) is 1.60. The number of benzene rings is 2. The van der Waals surface area contributed by atoms with Crippen LogP contribution >= 0.6 is 0 Å². The molecule has 3 aliphatic heterocycles. The number of rotatable bonds is 5. The van der Waals surface area contributed by atoms with Crippen molar-refractivity contribution in [1.82, 2.24) is 15.2 Å². The molecule has 2 aromatic carbocycles. The number of pyridine rings is 1. The summed E-state index contributed by atoms with van der Waals surface area (Å²) in [5.74, 6) is -3.53. The minimum absolute atomic E-state index is 0.00973.